The van der Waals surface area contributed by atoms with E-state index in [1.807, 2.05) is 0 Å². The summed E-state index contributed by atoms with van der Waals surface area (Å²) in [5, 5.41) is 12.9. The van der Waals surface area contributed by atoms with Gasteiger partial charge < -0.3 is 4.84 Å². The van der Waals surface area contributed by atoms with E-state index < -0.39 is 38.5 Å². The number of benzene rings is 1. The molecular formula is C20H20F3N3O5S. The van der Waals surface area contributed by atoms with Crippen LogP contribution < -0.4 is 5.48 Å². The molecule has 1 aliphatic rings. The van der Waals surface area contributed by atoms with Gasteiger partial charge in [-0.05, 0) is 35.7 Å². The van der Waals surface area contributed by atoms with Crippen LogP contribution in [0.4, 0.5) is 13.2 Å². The van der Waals surface area contributed by atoms with Crippen LogP contribution in [0.15, 0.2) is 47.8 Å². The molecular weight excluding hydrogens is 451 g/mol. The minimum atomic E-state index is -4.55. The molecule has 2 heterocycles. The number of nitrogens with one attached hydrogen (secondary N) is 1. The fourth-order valence-electron chi connectivity index (χ4n) is 3.29. The number of amides is 1. The van der Waals surface area contributed by atoms with Gasteiger partial charge in [-0.2, -0.15) is 13.2 Å². The molecule has 2 aromatic rings. The van der Waals surface area contributed by atoms with Crippen LogP contribution in [0.5, 0.6) is 0 Å². The van der Waals surface area contributed by atoms with E-state index in [0.717, 1.165) is 18.5 Å². The van der Waals surface area contributed by atoms with Crippen LogP contribution in [0, 0.1) is 0 Å². The lowest BCUT2D eigenvalue weighted by molar-refractivity contribution is -0.141. The van der Waals surface area contributed by atoms with E-state index in [1.165, 1.54) is 18.5 Å². The Labute approximate surface area is 182 Å². The topological polar surface area (TPSA) is 118 Å². The van der Waals surface area contributed by atoms with Crippen LogP contribution in [-0.2, 0) is 25.6 Å². The van der Waals surface area contributed by atoms with Crippen molar-refractivity contribution < 1.29 is 36.4 Å². The van der Waals surface area contributed by atoms with Crippen molar-refractivity contribution in [2.75, 3.05) is 6.26 Å². The summed E-state index contributed by atoms with van der Waals surface area (Å²) in [4.78, 5) is 20.6. The molecule has 0 saturated carbocycles. The second-order valence-corrected chi connectivity index (χ2v) is 10.1. The summed E-state index contributed by atoms with van der Waals surface area (Å²) in [6.45, 7) is 1.19. The summed E-state index contributed by atoms with van der Waals surface area (Å²) in [5.74, 6) is -1.07. The molecule has 0 bridgehead atoms. The number of alkyl halides is 3. The van der Waals surface area contributed by atoms with E-state index in [9.17, 15) is 26.4 Å². The highest BCUT2D eigenvalue weighted by Crippen LogP contribution is 2.32. The summed E-state index contributed by atoms with van der Waals surface area (Å²) in [6.07, 6.45) is -3.32. The lowest BCUT2D eigenvalue weighted by atomic mass is 9.95. The van der Waals surface area contributed by atoms with Gasteiger partial charge in [0.1, 0.15) is 11.8 Å². The summed E-state index contributed by atoms with van der Waals surface area (Å²) >= 11 is 0. The maximum absolute atomic E-state index is 12.9. The third kappa shape index (κ3) is 4.75. The molecule has 3 rings (SSSR count). The zero-order valence-corrected chi connectivity index (χ0v) is 17.9. The molecule has 1 aromatic heterocycles. The predicted molar refractivity (Wildman–Crippen MR) is 108 cm³/mol. The number of sulfone groups is 1. The molecule has 8 nitrogen and oxygen atoms in total. The number of hydrogen-bond donors (Lipinski definition) is 2. The summed E-state index contributed by atoms with van der Waals surface area (Å²) in [6, 6.07) is 8.99. The Hall–Kier alpha value is -2.99. The highest BCUT2D eigenvalue weighted by Gasteiger charge is 2.47. The Balaban J connectivity index is 1.74. The maximum Gasteiger partial charge on any atom is 0.433 e. The molecule has 2 N–H and O–H groups in total. The lowest BCUT2D eigenvalue weighted by Gasteiger charge is -2.26. The number of carbonyl (C=O) groups excluding carboxylic acids is 1. The number of hydrogen-bond acceptors (Lipinski definition) is 7. The third-order valence-electron chi connectivity index (χ3n) is 5.35. The Kier molecular flexibility index (Phi) is 6.29. The van der Waals surface area contributed by atoms with Crippen molar-refractivity contribution >= 4 is 21.5 Å². The van der Waals surface area contributed by atoms with E-state index in [-0.39, 0.29) is 12.8 Å². The minimum absolute atomic E-state index is 0.205. The molecule has 12 heteroatoms. The highest BCUT2D eigenvalue weighted by molar-refractivity contribution is 7.92. The molecule has 1 aliphatic heterocycles. The van der Waals surface area contributed by atoms with Crippen LogP contribution in [0.25, 0.3) is 11.1 Å². The van der Waals surface area contributed by atoms with E-state index in [0.29, 0.717) is 22.4 Å². The van der Waals surface area contributed by atoms with Gasteiger partial charge in [-0.25, -0.2) is 13.9 Å². The minimum Gasteiger partial charge on any atom is -0.392 e. The number of aromatic nitrogens is 1. The SMILES string of the molecule is CC(C[C@H]1CC(c2ccc(-c3ccnc(C(F)(F)F)c3)cc2)=NO1)(C(=O)NO)S(C)(=O)=O. The standard InChI is InChI=1S/C20H20F3N3O5S/c1-19(18(27)25-28,32(2,29)30)11-15-10-16(26-31-15)13-5-3-12(4-6-13)14-7-8-24-17(9-14)20(21,22)23/h3-9,15,28H,10-11H2,1-2H3,(H,25,27)/t15-,19?/m1/s1. The molecule has 0 saturated heterocycles. The average molecular weight is 471 g/mol. The second-order valence-electron chi connectivity index (χ2n) is 7.62. The Bertz CT molecular complexity index is 1150. The van der Waals surface area contributed by atoms with Crippen molar-refractivity contribution in [2.45, 2.75) is 36.8 Å². The molecule has 32 heavy (non-hydrogen) atoms. The van der Waals surface area contributed by atoms with Gasteiger partial charge in [-0.1, -0.05) is 29.4 Å². The van der Waals surface area contributed by atoms with Crippen LogP contribution in [-0.4, -0.2) is 47.3 Å². The van der Waals surface area contributed by atoms with Crippen molar-refractivity contribution in [3.63, 3.8) is 0 Å². The van der Waals surface area contributed by atoms with Crippen molar-refractivity contribution in [3.05, 3.63) is 53.9 Å². The van der Waals surface area contributed by atoms with Crippen molar-refractivity contribution in [1.29, 1.82) is 0 Å². The maximum atomic E-state index is 12.9. The highest BCUT2D eigenvalue weighted by atomic mass is 32.2. The number of oxime groups is 1. The van der Waals surface area contributed by atoms with E-state index in [4.69, 9.17) is 10.0 Å². The molecule has 0 aliphatic carbocycles. The first kappa shape index (κ1) is 23.7. The largest absolute Gasteiger partial charge is 0.433 e. The second kappa shape index (κ2) is 8.51. The van der Waals surface area contributed by atoms with Gasteiger partial charge in [0.2, 0.25) is 0 Å². The van der Waals surface area contributed by atoms with Gasteiger partial charge in [0.25, 0.3) is 5.91 Å². The van der Waals surface area contributed by atoms with E-state index >= 15 is 0 Å². The summed E-state index contributed by atoms with van der Waals surface area (Å²) in [5.41, 5.74) is 2.41. The average Bonchev–Trinajstić information content (AvgIpc) is 3.20. The van der Waals surface area contributed by atoms with E-state index in [1.54, 1.807) is 24.3 Å². The van der Waals surface area contributed by atoms with Gasteiger partial charge >= 0.3 is 6.18 Å². The molecule has 0 spiro atoms. The van der Waals surface area contributed by atoms with Crippen molar-refractivity contribution in [2.24, 2.45) is 5.16 Å². The fourth-order valence-corrected chi connectivity index (χ4v) is 4.16. The van der Waals surface area contributed by atoms with Crippen LogP contribution in [0.1, 0.15) is 31.0 Å². The molecule has 0 radical (unpaired) electrons. The number of rotatable bonds is 6. The Morgan fingerprint density at radius 1 is 1.19 bits per heavy atom. The Morgan fingerprint density at radius 2 is 1.81 bits per heavy atom. The third-order valence-corrected chi connectivity index (χ3v) is 7.34. The fraction of sp³-hybridized carbons (Fsp3) is 0.350. The molecule has 2 atom stereocenters. The first-order chi connectivity index (χ1) is 14.8. The zero-order chi connectivity index (χ0) is 23.7. The van der Waals surface area contributed by atoms with Gasteiger partial charge in [-0.15, -0.1) is 0 Å². The van der Waals surface area contributed by atoms with Gasteiger partial charge in [0, 0.05) is 25.3 Å². The van der Waals surface area contributed by atoms with Gasteiger partial charge in [0.05, 0.1) is 5.71 Å². The number of carbonyl (C=O) groups is 1. The summed E-state index contributed by atoms with van der Waals surface area (Å²) < 4.78 is 61.0. The number of halogens is 3. The molecule has 1 aromatic carbocycles. The molecule has 172 valence electrons. The quantitative estimate of drug-likeness (QED) is 0.494. The summed E-state index contributed by atoms with van der Waals surface area (Å²) in [7, 11) is -3.88. The van der Waals surface area contributed by atoms with Crippen LogP contribution >= 0.6 is 0 Å². The first-order valence-electron chi connectivity index (χ1n) is 9.36. The molecule has 1 unspecified atom stereocenters. The normalized spacial score (nSPS) is 18.4. The monoisotopic (exact) mass is 471 g/mol. The molecule has 0 fully saturated rings. The Morgan fingerprint density at radius 3 is 2.38 bits per heavy atom. The van der Waals surface area contributed by atoms with Gasteiger partial charge in [-0.3, -0.25) is 15.0 Å². The number of nitrogens with zero attached hydrogens (tertiary/aromatic N) is 2. The lowest BCUT2D eigenvalue weighted by Crippen LogP contribution is -2.51. The molecule has 1 amide bonds. The van der Waals surface area contributed by atoms with Crippen LogP contribution in [0.2, 0.25) is 0 Å². The predicted octanol–water partition coefficient (Wildman–Crippen LogP) is 2.96. The first-order valence-corrected chi connectivity index (χ1v) is 11.2. The number of hydroxylamine groups is 1. The van der Waals surface area contributed by atoms with Crippen LogP contribution in [0.3, 0.4) is 0 Å². The van der Waals surface area contributed by atoms with E-state index in [2.05, 4.69) is 10.1 Å². The van der Waals surface area contributed by atoms with Gasteiger partial charge in [0.15, 0.2) is 14.6 Å². The van der Waals surface area contributed by atoms with Crippen molar-refractivity contribution in [3.8, 4) is 11.1 Å². The zero-order valence-electron chi connectivity index (χ0n) is 17.0. The smallest absolute Gasteiger partial charge is 0.392 e. The number of pyridine rings is 1. The van der Waals surface area contributed by atoms with Crippen molar-refractivity contribution in [1.82, 2.24) is 10.5 Å².